The fraction of sp³-hybridized carbons (Fsp3) is 0.467. The lowest BCUT2D eigenvalue weighted by Gasteiger charge is -2.38. The minimum atomic E-state index is -4.10. The quantitative estimate of drug-likeness (QED) is 0.327. The van der Waals surface area contributed by atoms with Crippen LogP contribution in [0.1, 0.15) is 26.2 Å². The van der Waals surface area contributed by atoms with Gasteiger partial charge in [0.1, 0.15) is 23.4 Å². The highest BCUT2D eigenvalue weighted by atomic mass is 32.2. The van der Waals surface area contributed by atoms with E-state index in [1.807, 2.05) is 6.92 Å². The Bertz CT molecular complexity index is 1850. The zero-order chi connectivity index (χ0) is 32.6. The Balaban J connectivity index is 1.22. The van der Waals surface area contributed by atoms with Crippen LogP contribution in [0.3, 0.4) is 0 Å². The molecule has 0 saturated carbocycles. The second-order valence-corrected chi connectivity index (χ2v) is 15.5. The summed E-state index contributed by atoms with van der Waals surface area (Å²) in [5.41, 5.74) is -0.631. The van der Waals surface area contributed by atoms with Gasteiger partial charge < -0.3 is 29.2 Å². The zero-order valence-corrected chi connectivity index (χ0v) is 26.7. The topological polar surface area (TPSA) is 173 Å². The van der Waals surface area contributed by atoms with Crippen molar-refractivity contribution >= 4 is 36.9 Å². The molecule has 0 bridgehead atoms. The number of carboxylic acid groups (broad SMARTS) is 1. The first kappa shape index (κ1) is 32.9. The number of hydrogen-bond donors (Lipinski definition) is 2. The molecule has 3 aromatic rings. The first-order valence-electron chi connectivity index (χ1n) is 14.6. The maximum absolute atomic E-state index is 13.7. The molecule has 1 aromatic heterocycles. The van der Waals surface area contributed by atoms with Crippen LogP contribution in [0.4, 0.5) is 4.79 Å². The van der Waals surface area contributed by atoms with Crippen molar-refractivity contribution in [3.05, 3.63) is 65.0 Å². The van der Waals surface area contributed by atoms with E-state index >= 15 is 0 Å². The van der Waals surface area contributed by atoms with E-state index in [0.29, 0.717) is 36.7 Å². The molecule has 2 aliphatic heterocycles. The van der Waals surface area contributed by atoms with Crippen molar-refractivity contribution in [1.82, 2.24) is 13.8 Å². The van der Waals surface area contributed by atoms with E-state index in [0.717, 1.165) is 11.2 Å². The van der Waals surface area contributed by atoms with E-state index in [1.165, 1.54) is 34.8 Å². The number of rotatable bonds is 10. The third kappa shape index (κ3) is 6.87. The predicted octanol–water partition coefficient (Wildman–Crippen LogP) is 2.16. The molecular weight excluding hydrogens is 626 g/mol. The Morgan fingerprint density at radius 3 is 2.51 bits per heavy atom. The number of benzene rings is 2. The molecule has 2 aromatic carbocycles. The lowest BCUT2D eigenvalue weighted by molar-refractivity contribution is -0.0319. The van der Waals surface area contributed by atoms with Crippen molar-refractivity contribution in [2.24, 2.45) is 0 Å². The first-order chi connectivity index (χ1) is 21.2. The number of aromatic nitrogens is 1. The normalized spacial score (nSPS) is 19.5. The van der Waals surface area contributed by atoms with Crippen LogP contribution in [-0.2, 0) is 31.1 Å². The van der Waals surface area contributed by atoms with Gasteiger partial charge in [0.25, 0.3) is 0 Å². The minimum absolute atomic E-state index is 0.0595. The number of piperidine rings is 1. The summed E-state index contributed by atoms with van der Waals surface area (Å²) in [7, 11) is -7.55. The molecule has 5 rings (SSSR count). The third-order valence-corrected chi connectivity index (χ3v) is 11.5. The molecule has 0 radical (unpaired) electrons. The number of pyridine rings is 1. The number of nitrogens with zero attached hydrogens (tertiary/aromatic N) is 3. The van der Waals surface area contributed by atoms with Gasteiger partial charge in [-0.3, -0.25) is 4.79 Å². The molecule has 1 amide bonds. The van der Waals surface area contributed by atoms with E-state index in [1.54, 1.807) is 28.8 Å². The average molecular weight is 664 g/mol. The molecule has 2 aliphatic rings. The highest BCUT2D eigenvalue weighted by Gasteiger charge is 2.47. The van der Waals surface area contributed by atoms with Crippen molar-refractivity contribution in [2.75, 3.05) is 39.1 Å². The van der Waals surface area contributed by atoms with Gasteiger partial charge in [-0.25, -0.2) is 21.6 Å². The SMILES string of the molecule is CCn1cc(S(=O)(=O)N2CCC3(CC2)CC(N(CC(O)COc2cccc(S(C)(=O)=O)c2)C(=O)O)CO3)c(=O)c2ccccc21. The maximum atomic E-state index is 13.7. The summed E-state index contributed by atoms with van der Waals surface area (Å²) in [5.74, 6) is 0.223. The molecule has 2 unspecified atom stereocenters. The van der Waals surface area contributed by atoms with Gasteiger partial charge in [0.2, 0.25) is 15.5 Å². The van der Waals surface area contributed by atoms with E-state index in [4.69, 9.17) is 9.47 Å². The molecule has 13 nitrogen and oxygen atoms in total. The summed E-state index contributed by atoms with van der Waals surface area (Å²) in [5, 5.41) is 20.9. The molecule has 3 heterocycles. The summed E-state index contributed by atoms with van der Waals surface area (Å²) in [4.78, 5) is 26.3. The minimum Gasteiger partial charge on any atom is -0.491 e. The molecule has 1 spiro atoms. The van der Waals surface area contributed by atoms with E-state index in [9.17, 15) is 36.6 Å². The smallest absolute Gasteiger partial charge is 0.407 e. The Hall–Kier alpha value is -3.50. The maximum Gasteiger partial charge on any atom is 0.407 e. The number of carbonyl (C=O) groups is 1. The molecule has 15 heteroatoms. The van der Waals surface area contributed by atoms with Crippen molar-refractivity contribution in [2.45, 2.75) is 60.3 Å². The van der Waals surface area contributed by atoms with Crippen molar-refractivity contribution < 1.29 is 41.3 Å². The van der Waals surface area contributed by atoms with Gasteiger partial charge in [-0.15, -0.1) is 0 Å². The second-order valence-electron chi connectivity index (χ2n) is 11.5. The number of aliphatic hydroxyl groups is 1. The van der Waals surface area contributed by atoms with Crippen molar-refractivity contribution in [3.8, 4) is 5.75 Å². The predicted molar refractivity (Wildman–Crippen MR) is 165 cm³/mol. The zero-order valence-electron chi connectivity index (χ0n) is 25.0. The molecule has 0 aliphatic carbocycles. The van der Waals surface area contributed by atoms with Gasteiger partial charge in [0, 0.05) is 37.5 Å². The molecule has 2 saturated heterocycles. The highest BCUT2D eigenvalue weighted by molar-refractivity contribution is 7.90. The average Bonchev–Trinajstić information content (AvgIpc) is 3.41. The van der Waals surface area contributed by atoms with Crippen LogP contribution in [0, 0.1) is 0 Å². The van der Waals surface area contributed by atoms with Gasteiger partial charge in [0.05, 0.1) is 35.2 Å². The summed E-state index contributed by atoms with van der Waals surface area (Å²) < 4.78 is 65.6. The molecular formula is C30H37N3O10S2. The summed E-state index contributed by atoms with van der Waals surface area (Å²) >= 11 is 0. The van der Waals surface area contributed by atoms with Crippen LogP contribution in [0.25, 0.3) is 10.9 Å². The fourth-order valence-corrected chi connectivity index (χ4v) is 8.26. The lowest BCUT2D eigenvalue weighted by Crippen LogP contribution is -2.49. The standard InChI is InChI=1S/C30H37N3O10S2/c1-3-31-18-27(28(35)25-9-4-5-10-26(25)31)45(40,41)32-13-11-30(12-14-32)16-21(19-43-30)33(29(36)37)17-22(34)20-42-23-7-6-8-24(15-23)44(2,38)39/h4-10,15,18,21-22,34H,3,11-14,16-17,19-20H2,1-2H3,(H,36,37). The summed E-state index contributed by atoms with van der Waals surface area (Å²) in [6, 6.07) is 12.1. The Morgan fingerprint density at radius 2 is 1.84 bits per heavy atom. The van der Waals surface area contributed by atoms with Crippen LogP contribution in [0.2, 0.25) is 0 Å². The molecule has 2 N–H and O–H groups in total. The fourth-order valence-electron chi connectivity index (χ4n) is 6.06. The van der Waals surface area contributed by atoms with Gasteiger partial charge in [-0.05, 0) is 56.5 Å². The summed E-state index contributed by atoms with van der Waals surface area (Å²) in [6.07, 6.45) is 0.953. The highest BCUT2D eigenvalue weighted by Crippen LogP contribution is 2.39. The number of sulfone groups is 1. The number of ether oxygens (including phenoxy) is 2. The number of sulfonamides is 1. The Kier molecular flexibility index (Phi) is 9.29. The second kappa shape index (κ2) is 12.7. The van der Waals surface area contributed by atoms with Gasteiger partial charge >= 0.3 is 6.09 Å². The molecule has 45 heavy (non-hydrogen) atoms. The molecule has 244 valence electrons. The number of para-hydroxylation sites is 1. The summed E-state index contributed by atoms with van der Waals surface area (Å²) in [6.45, 7) is 2.10. The van der Waals surface area contributed by atoms with Crippen molar-refractivity contribution in [3.63, 3.8) is 0 Å². The van der Waals surface area contributed by atoms with E-state index in [-0.39, 0.29) is 48.4 Å². The van der Waals surface area contributed by atoms with E-state index < -0.39 is 49.1 Å². The van der Waals surface area contributed by atoms with Crippen molar-refractivity contribution in [1.29, 1.82) is 0 Å². The molecule has 2 atom stereocenters. The number of aryl methyl sites for hydroxylation is 1. The number of fused-ring (bicyclic) bond motifs is 1. The Labute approximate surface area is 261 Å². The van der Waals surface area contributed by atoms with Crippen LogP contribution in [-0.4, -0.2) is 104 Å². The van der Waals surface area contributed by atoms with Gasteiger partial charge in [-0.1, -0.05) is 18.2 Å². The van der Waals surface area contributed by atoms with Crippen LogP contribution >= 0.6 is 0 Å². The number of amides is 1. The first-order valence-corrected chi connectivity index (χ1v) is 17.9. The van der Waals surface area contributed by atoms with Crippen LogP contribution < -0.4 is 10.2 Å². The van der Waals surface area contributed by atoms with E-state index in [2.05, 4.69) is 0 Å². The lowest BCUT2D eigenvalue weighted by atomic mass is 9.88. The van der Waals surface area contributed by atoms with Gasteiger partial charge in [-0.2, -0.15) is 4.31 Å². The van der Waals surface area contributed by atoms with Crippen LogP contribution in [0.15, 0.2) is 69.3 Å². The largest absolute Gasteiger partial charge is 0.491 e. The van der Waals surface area contributed by atoms with Crippen LogP contribution in [0.5, 0.6) is 5.75 Å². The molecule has 2 fully saturated rings. The number of hydrogen-bond acceptors (Lipinski definition) is 9. The number of aliphatic hydroxyl groups excluding tert-OH is 1. The van der Waals surface area contributed by atoms with Gasteiger partial charge in [0.15, 0.2) is 9.84 Å². The Morgan fingerprint density at radius 1 is 1.13 bits per heavy atom. The third-order valence-electron chi connectivity index (χ3n) is 8.51. The monoisotopic (exact) mass is 663 g/mol.